The Labute approximate surface area is 149 Å². The Kier molecular flexibility index (Phi) is 3.15. The largest absolute Gasteiger partial charge is 0.466 e. The van der Waals surface area contributed by atoms with Crippen molar-refractivity contribution in [3.63, 3.8) is 0 Å². The minimum absolute atomic E-state index is 0.0237. The van der Waals surface area contributed by atoms with Gasteiger partial charge < -0.3 is 15.0 Å². The second kappa shape index (κ2) is 5.10. The Hall–Kier alpha value is -1.81. The zero-order chi connectivity index (χ0) is 17.2. The first kappa shape index (κ1) is 15.4. The number of fused-ring (bicyclic) bond motifs is 1. The molecular formula is C21H27N2O2+. The first-order valence-corrected chi connectivity index (χ1v) is 9.69. The Morgan fingerprint density at radius 1 is 1.32 bits per heavy atom. The molecule has 2 N–H and O–H groups in total. The lowest BCUT2D eigenvalue weighted by Gasteiger charge is -2.53. The van der Waals surface area contributed by atoms with Crippen molar-refractivity contribution in [3.05, 3.63) is 41.1 Å². The van der Waals surface area contributed by atoms with E-state index in [1.807, 2.05) is 0 Å². The maximum absolute atomic E-state index is 12.7. The van der Waals surface area contributed by atoms with Gasteiger partial charge in [-0.1, -0.05) is 25.1 Å². The average molecular weight is 339 g/mol. The molecule has 1 spiro atoms. The van der Waals surface area contributed by atoms with E-state index in [0.29, 0.717) is 6.04 Å². The molecule has 132 valence electrons. The lowest BCUT2D eigenvalue weighted by molar-refractivity contribution is -0.929. The fourth-order valence-corrected chi connectivity index (χ4v) is 6.73. The fourth-order valence-electron chi connectivity index (χ4n) is 6.73. The number of nitrogens with one attached hydrogen (secondary N) is 2. The molecule has 4 nitrogen and oxygen atoms in total. The van der Waals surface area contributed by atoms with Crippen LogP contribution in [0.25, 0.3) is 0 Å². The van der Waals surface area contributed by atoms with Crippen molar-refractivity contribution in [2.45, 2.75) is 50.5 Å². The Bertz CT molecular complexity index is 786. The van der Waals surface area contributed by atoms with Crippen molar-refractivity contribution in [1.29, 1.82) is 0 Å². The molecule has 0 radical (unpaired) electrons. The predicted molar refractivity (Wildman–Crippen MR) is 96.5 cm³/mol. The molecule has 1 aromatic rings. The van der Waals surface area contributed by atoms with Crippen LogP contribution in [0.3, 0.4) is 0 Å². The van der Waals surface area contributed by atoms with Gasteiger partial charge in [0, 0.05) is 23.2 Å². The Balaban J connectivity index is 1.81. The summed E-state index contributed by atoms with van der Waals surface area (Å²) < 4.78 is 5.23. The van der Waals surface area contributed by atoms with Crippen LogP contribution < -0.4 is 10.2 Å². The van der Waals surface area contributed by atoms with Crippen molar-refractivity contribution in [2.75, 3.05) is 25.5 Å². The summed E-state index contributed by atoms with van der Waals surface area (Å²) in [5, 5.41) is 3.66. The summed E-state index contributed by atoms with van der Waals surface area (Å²) in [4.78, 5) is 14.5. The van der Waals surface area contributed by atoms with Gasteiger partial charge >= 0.3 is 5.97 Å². The van der Waals surface area contributed by atoms with E-state index >= 15 is 0 Å². The minimum Gasteiger partial charge on any atom is -0.466 e. The number of carbonyl (C=O) groups is 1. The quantitative estimate of drug-likeness (QED) is 0.810. The molecule has 0 aromatic heterocycles. The van der Waals surface area contributed by atoms with E-state index in [1.54, 1.807) is 4.90 Å². The highest BCUT2D eigenvalue weighted by Crippen LogP contribution is 2.61. The SMILES string of the molecule is CC[C@@]12CCC[NH+]3CC[C@@]4(C(=C(C(=O)OC)C1)Nc1ccccc14)[C@H]32. The van der Waals surface area contributed by atoms with Gasteiger partial charge in [-0.05, 0) is 37.3 Å². The van der Waals surface area contributed by atoms with Gasteiger partial charge in [0.05, 0.1) is 31.2 Å². The molecule has 25 heavy (non-hydrogen) atoms. The van der Waals surface area contributed by atoms with Gasteiger partial charge in [-0.2, -0.15) is 0 Å². The number of benzene rings is 1. The summed E-state index contributed by atoms with van der Waals surface area (Å²) in [6.45, 7) is 4.81. The van der Waals surface area contributed by atoms with E-state index in [9.17, 15) is 4.79 Å². The first-order valence-electron chi connectivity index (χ1n) is 9.69. The van der Waals surface area contributed by atoms with Gasteiger partial charge in [-0.3, -0.25) is 0 Å². The van der Waals surface area contributed by atoms with Crippen LogP contribution in [0.15, 0.2) is 35.5 Å². The standard InChI is InChI=1S/C21H26N2O2/c1-3-20-9-6-11-23-12-10-21(19(20)23)15-7-4-5-8-16(15)22-17(21)14(13-20)18(24)25-2/h4-5,7-8,19,22H,3,6,9-13H2,1-2H3/p+1/t19-,20-,21-/m1/s1. The smallest absolute Gasteiger partial charge is 0.335 e. The van der Waals surface area contributed by atoms with Crippen LogP contribution in [0.5, 0.6) is 0 Å². The minimum atomic E-state index is -0.139. The summed E-state index contributed by atoms with van der Waals surface area (Å²) in [6, 6.07) is 9.27. The molecule has 2 fully saturated rings. The summed E-state index contributed by atoms with van der Waals surface area (Å²) >= 11 is 0. The number of anilines is 1. The number of methoxy groups -OCH3 is 1. The van der Waals surface area contributed by atoms with Gasteiger partial charge in [0.1, 0.15) is 6.04 Å². The van der Waals surface area contributed by atoms with Gasteiger partial charge in [-0.15, -0.1) is 0 Å². The summed E-state index contributed by atoms with van der Waals surface area (Å²) in [5.74, 6) is -0.139. The topological polar surface area (TPSA) is 42.8 Å². The second-order valence-electron chi connectivity index (χ2n) is 8.32. The van der Waals surface area contributed by atoms with Gasteiger partial charge in [0.25, 0.3) is 0 Å². The highest BCUT2D eigenvalue weighted by atomic mass is 16.5. The number of ether oxygens (including phenoxy) is 1. The Morgan fingerprint density at radius 2 is 2.16 bits per heavy atom. The molecule has 1 aliphatic carbocycles. The zero-order valence-electron chi connectivity index (χ0n) is 15.2. The van der Waals surface area contributed by atoms with Crippen LogP contribution in [-0.2, 0) is 14.9 Å². The molecule has 4 atom stereocenters. The highest BCUT2D eigenvalue weighted by Gasteiger charge is 2.69. The van der Waals surface area contributed by atoms with E-state index in [2.05, 4.69) is 36.5 Å². The molecule has 1 unspecified atom stereocenters. The van der Waals surface area contributed by atoms with Crippen LogP contribution in [0.4, 0.5) is 5.69 Å². The predicted octanol–water partition coefficient (Wildman–Crippen LogP) is 2.03. The summed E-state index contributed by atoms with van der Waals surface area (Å²) in [6.07, 6.45) is 5.64. The van der Waals surface area contributed by atoms with Gasteiger partial charge in [-0.25, -0.2) is 4.79 Å². The van der Waals surface area contributed by atoms with Gasteiger partial charge in [0.15, 0.2) is 0 Å². The van der Waals surface area contributed by atoms with E-state index in [1.165, 1.54) is 44.3 Å². The number of para-hydroxylation sites is 1. The molecule has 4 aliphatic rings. The molecule has 0 amide bonds. The molecule has 3 heterocycles. The van der Waals surface area contributed by atoms with Crippen LogP contribution in [0, 0.1) is 5.41 Å². The van der Waals surface area contributed by atoms with E-state index < -0.39 is 0 Å². The maximum Gasteiger partial charge on any atom is 0.335 e. The number of hydrogen-bond donors (Lipinski definition) is 2. The third-order valence-corrected chi connectivity index (χ3v) is 7.61. The van der Waals surface area contributed by atoms with E-state index in [4.69, 9.17) is 4.74 Å². The number of rotatable bonds is 2. The van der Waals surface area contributed by atoms with Crippen LogP contribution in [0.2, 0.25) is 0 Å². The van der Waals surface area contributed by atoms with Gasteiger partial charge in [0.2, 0.25) is 0 Å². The van der Waals surface area contributed by atoms with Crippen molar-refractivity contribution >= 4 is 11.7 Å². The summed E-state index contributed by atoms with van der Waals surface area (Å²) in [7, 11) is 1.52. The van der Waals surface area contributed by atoms with Crippen molar-refractivity contribution in [3.8, 4) is 0 Å². The first-order chi connectivity index (χ1) is 12.2. The van der Waals surface area contributed by atoms with Crippen molar-refractivity contribution < 1.29 is 14.4 Å². The molecule has 5 rings (SSSR count). The number of hydrogen-bond acceptors (Lipinski definition) is 3. The molecule has 2 saturated heterocycles. The average Bonchev–Trinajstić information content (AvgIpc) is 3.21. The highest BCUT2D eigenvalue weighted by molar-refractivity contribution is 5.93. The number of esters is 1. The molecule has 1 aromatic carbocycles. The van der Waals surface area contributed by atoms with Crippen molar-refractivity contribution in [2.24, 2.45) is 5.41 Å². The monoisotopic (exact) mass is 339 g/mol. The lowest BCUT2D eigenvalue weighted by atomic mass is 9.53. The van der Waals surface area contributed by atoms with Crippen molar-refractivity contribution in [1.82, 2.24) is 0 Å². The number of carbonyl (C=O) groups excluding carboxylic acids is 1. The molecule has 4 heteroatoms. The molecule has 3 aliphatic heterocycles. The fraction of sp³-hybridized carbons (Fsp3) is 0.571. The molecule has 0 saturated carbocycles. The Morgan fingerprint density at radius 3 is 2.96 bits per heavy atom. The van der Waals surface area contributed by atoms with E-state index in [-0.39, 0.29) is 16.8 Å². The van der Waals surface area contributed by atoms with Crippen LogP contribution in [0.1, 0.15) is 44.6 Å². The normalized spacial score (nSPS) is 37.8. The van der Waals surface area contributed by atoms with E-state index in [0.717, 1.165) is 30.5 Å². The van der Waals surface area contributed by atoms with Crippen LogP contribution >= 0.6 is 0 Å². The number of quaternary nitrogens is 1. The summed E-state index contributed by atoms with van der Waals surface area (Å²) in [5.41, 5.74) is 4.86. The lowest BCUT2D eigenvalue weighted by Crippen LogP contribution is -3.17. The second-order valence-corrected chi connectivity index (χ2v) is 8.32. The zero-order valence-corrected chi connectivity index (χ0v) is 15.2. The number of piperidine rings is 1. The molecule has 0 bridgehead atoms. The maximum atomic E-state index is 12.7. The third-order valence-electron chi connectivity index (χ3n) is 7.61. The van der Waals surface area contributed by atoms with Crippen LogP contribution in [-0.4, -0.2) is 32.2 Å². The molecular weight excluding hydrogens is 312 g/mol. The third kappa shape index (κ3) is 1.74.